The molecule has 0 aromatic heterocycles. The van der Waals surface area contributed by atoms with E-state index in [0.717, 1.165) is 26.2 Å². The molecule has 1 heterocycles. The maximum absolute atomic E-state index is 12.2. The van der Waals surface area contributed by atoms with E-state index in [-0.39, 0.29) is 11.9 Å². The van der Waals surface area contributed by atoms with E-state index in [0.29, 0.717) is 18.9 Å². The second-order valence-corrected chi connectivity index (χ2v) is 5.75. The summed E-state index contributed by atoms with van der Waals surface area (Å²) in [4.78, 5) is 16.6. The molecule has 116 valence electrons. The van der Waals surface area contributed by atoms with Crippen molar-refractivity contribution in [2.75, 3.05) is 32.7 Å². The summed E-state index contributed by atoms with van der Waals surface area (Å²) in [6, 6.07) is 10.8. The van der Waals surface area contributed by atoms with E-state index in [4.69, 9.17) is 5.73 Å². The molecule has 0 radical (unpaired) electrons. The first-order valence-electron chi connectivity index (χ1n) is 7.96. The van der Waals surface area contributed by atoms with E-state index in [1.54, 1.807) is 0 Å². The minimum absolute atomic E-state index is 0.249. The standard InChI is InChI=1S/C17H27N3O/c1-3-19(4-2)16(15-8-6-5-7-9-15)13-20-12-14(11-18)10-17(20)21/h5-9,14,16H,3-4,10-13,18H2,1-2H3. The third-order valence-electron chi connectivity index (χ3n) is 4.46. The fourth-order valence-electron chi connectivity index (χ4n) is 3.17. The van der Waals surface area contributed by atoms with Crippen LogP contribution < -0.4 is 5.73 Å². The molecule has 2 unspecified atom stereocenters. The maximum Gasteiger partial charge on any atom is 0.223 e. The first-order valence-corrected chi connectivity index (χ1v) is 7.96. The number of amides is 1. The molecule has 1 aliphatic rings. The zero-order valence-electron chi connectivity index (χ0n) is 13.2. The number of likely N-dealkylation sites (tertiary alicyclic amines) is 1. The number of benzene rings is 1. The molecule has 0 spiro atoms. The lowest BCUT2D eigenvalue weighted by molar-refractivity contribution is -0.128. The largest absolute Gasteiger partial charge is 0.340 e. The molecule has 21 heavy (non-hydrogen) atoms. The maximum atomic E-state index is 12.2. The third-order valence-corrected chi connectivity index (χ3v) is 4.46. The van der Waals surface area contributed by atoms with Crippen LogP contribution in [0.5, 0.6) is 0 Å². The van der Waals surface area contributed by atoms with Gasteiger partial charge in [0.15, 0.2) is 0 Å². The molecular formula is C17H27N3O. The van der Waals surface area contributed by atoms with Crippen molar-refractivity contribution in [1.82, 2.24) is 9.80 Å². The molecule has 1 fully saturated rings. The number of likely N-dealkylation sites (N-methyl/N-ethyl adjacent to an activating group) is 1. The molecule has 1 saturated heterocycles. The van der Waals surface area contributed by atoms with Crippen molar-refractivity contribution in [3.63, 3.8) is 0 Å². The Bertz CT molecular complexity index is 445. The molecule has 0 saturated carbocycles. The fraction of sp³-hybridized carbons (Fsp3) is 0.588. The van der Waals surface area contributed by atoms with E-state index < -0.39 is 0 Å². The zero-order valence-corrected chi connectivity index (χ0v) is 13.2. The van der Waals surface area contributed by atoms with Crippen LogP contribution >= 0.6 is 0 Å². The second-order valence-electron chi connectivity index (χ2n) is 5.75. The Morgan fingerprint density at radius 2 is 1.95 bits per heavy atom. The summed E-state index contributed by atoms with van der Waals surface area (Å²) in [7, 11) is 0. The number of nitrogens with two attached hydrogens (primary N) is 1. The van der Waals surface area contributed by atoms with Crippen LogP contribution in [0.15, 0.2) is 30.3 Å². The Morgan fingerprint density at radius 1 is 1.29 bits per heavy atom. The molecule has 0 bridgehead atoms. The molecule has 2 atom stereocenters. The monoisotopic (exact) mass is 289 g/mol. The summed E-state index contributed by atoms with van der Waals surface area (Å²) in [5.74, 6) is 0.573. The van der Waals surface area contributed by atoms with Gasteiger partial charge in [-0.3, -0.25) is 9.69 Å². The van der Waals surface area contributed by atoms with Crippen LogP contribution in [0.1, 0.15) is 31.9 Å². The van der Waals surface area contributed by atoms with Gasteiger partial charge in [-0.15, -0.1) is 0 Å². The molecule has 1 aromatic rings. The van der Waals surface area contributed by atoms with Gasteiger partial charge in [-0.25, -0.2) is 0 Å². The van der Waals surface area contributed by atoms with E-state index >= 15 is 0 Å². The van der Waals surface area contributed by atoms with Gasteiger partial charge in [-0.05, 0) is 31.1 Å². The third kappa shape index (κ3) is 3.83. The highest BCUT2D eigenvalue weighted by Crippen LogP contribution is 2.25. The highest BCUT2D eigenvalue weighted by Gasteiger charge is 2.31. The van der Waals surface area contributed by atoms with Crippen LogP contribution in [0.25, 0.3) is 0 Å². The van der Waals surface area contributed by atoms with E-state index in [1.165, 1.54) is 5.56 Å². The summed E-state index contributed by atoms with van der Waals surface area (Å²) < 4.78 is 0. The average Bonchev–Trinajstić information content (AvgIpc) is 2.88. The molecule has 4 heteroatoms. The van der Waals surface area contributed by atoms with Gasteiger partial charge in [0, 0.05) is 19.5 Å². The van der Waals surface area contributed by atoms with Crippen LogP contribution in [0.2, 0.25) is 0 Å². The summed E-state index contributed by atoms with van der Waals surface area (Å²) in [5.41, 5.74) is 7.01. The normalized spacial score (nSPS) is 20.3. The highest BCUT2D eigenvalue weighted by molar-refractivity contribution is 5.78. The van der Waals surface area contributed by atoms with Crippen LogP contribution in [0.3, 0.4) is 0 Å². The Kier molecular flexibility index (Phi) is 5.76. The van der Waals surface area contributed by atoms with Gasteiger partial charge in [-0.1, -0.05) is 44.2 Å². The number of rotatable bonds is 7. The van der Waals surface area contributed by atoms with Crippen LogP contribution in [-0.2, 0) is 4.79 Å². The summed E-state index contributed by atoms with van der Waals surface area (Å²) >= 11 is 0. The van der Waals surface area contributed by atoms with Crippen molar-refractivity contribution < 1.29 is 4.79 Å². The van der Waals surface area contributed by atoms with Crippen LogP contribution in [0, 0.1) is 5.92 Å². The fourth-order valence-corrected chi connectivity index (χ4v) is 3.17. The van der Waals surface area contributed by atoms with Crippen molar-refractivity contribution in [2.45, 2.75) is 26.3 Å². The summed E-state index contributed by atoms with van der Waals surface area (Å²) in [6.07, 6.45) is 0.607. The van der Waals surface area contributed by atoms with E-state index in [1.807, 2.05) is 11.0 Å². The Labute approximate surface area is 127 Å². The second kappa shape index (κ2) is 7.57. The van der Waals surface area contributed by atoms with Gasteiger partial charge in [0.05, 0.1) is 6.04 Å². The minimum atomic E-state index is 0.249. The Morgan fingerprint density at radius 3 is 2.48 bits per heavy atom. The molecule has 2 N–H and O–H groups in total. The lowest BCUT2D eigenvalue weighted by Crippen LogP contribution is -2.39. The van der Waals surface area contributed by atoms with Gasteiger partial charge in [0.1, 0.15) is 0 Å². The number of nitrogens with zero attached hydrogens (tertiary/aromatic N) is 2. The highest BCUT2D eigenvalue weighted by atomic mass is 16.2. The van der Waals surface area contributed by atoms with Crippen molar-refractivity contribution in [3.8, 4) is 0 Å². The Balaban J connectivity index is 2.15. The van der Waals surface area contributed by atoms with Crippen molar-refractivity contribution in [1.29, 1.82) is 0 Å². The minimum Gasteiger partial charge on any atom is -0.340 e. The lowest BCUT2D eigenvalue weighted by atomic mass is 10.0. The molecule has 0 aliphatic carbocycles. The Hall–Kier alpha value is -1.39. The molecule has 2 rings (SSSR count). The SMILES string of the molecule is CCN(CC)C(CN1CC(CN)CC1=O)c1ccccc1. The topological polar surface area (TPSA) is 49.6 Å². The summed E-state index contributed by atoms with van der Waals surface area (Å²) in [5, 5.41) is 0. The van der Waals surface area contributed by atoms with Gasteiger partial charge in [-0.2, -0.15) is 0 Å². The first kappa shape index (κ1) is 16.0. The zero-order chi connectivity index (χ0) is 15.2. The van der Waals surface area contributed by atoms with Crippen molar-refractivity contribution in [3.05, 3.63) is 35.9 Å². The molecule has 1 amide bonds. The quantitative estimate of drug-likeness (QED) is 0.834. The lowest BCUT2D eigenvalue weighted by Gasteiger charge is -2.33. The number of hydrogen-bond donors (Lipinski definition) is 1. The van der Waals surface area contributed by atoms with E-state index in [2.05, 4.69) is 43.0 Å². The predicted octanol–water partition coefficient (Wildman–Crippen LogP) is 1.88. The van der Waals surface area contributed by atoms with Crippen molar-refractivity contribution >= 4 is 5.91 Å². The van der Waals surface area contributed by atoms with Crippen LogP contribution in [-0.4, -0.2) is 48.4 Å². The number of carbonyl (C=O) groups is 1. The molecular weight excluding hydrogens is 262 g/mol. The van der Waals surface area contributed by atoms with Crippen molar-refractivity contribution in [2.24, 2.45) is 11.7 Å². The molecule has 1 aliphatic heterocycles. The summed E-state index contributed by atoms with van der Waals surface area (Å²) in [6.45, 7) is 8.49. The number of hydrogen-bond acceptors (Lipinski definition) is 3. The van der Waals surface area contributed by atoms with Gasteiger partial charge in [0.25, 0.3) is 0 Å². The molecule has 4 nitrogen and oxygen atoms in total. The van der Waals surface area contributed by atoms with Crippen LogP contribution in [0.4, 0.5) is 0 Å². The number of carbonyl (C=O) groups excluding carboxylic acids is 1. The predicted molar refractivity (Wildman–Crippen MR) is 85.8 cm³/mol. The first-order chi connectivity index (χ1) is 10.2. The average molecular weight is 289 g/mol. The van der Waals surface area contributed by atoms with Gasteiger partial charge in [0.2, 0.25) is 5.91 Å². The van der Waals surface area contributed by atoms with E-state index in [9.17, 15) is 4.79 Å². The molecule has 1 aromatic carbocycles. The smallest absolute Gasteiger partial charge is 0.223 e. The van der Waals surface area contributed by atoms with Gasteiger partial charge < -0.3 is 10.6 Å². The van der Waals surface area contributed by atoms with Gasteiger partial charge >= 0.3 is 0 Å².